The first-order valence-electron chi connectivity index (χ1n) is 2.90. The van der Waals surface area contributed by atoms with Crippen LogP contribution in [0.5, 0.6) is 0 Å². The topological polar surface area (TPSA) is 9.23 Å². The first-order valence-corrected chi connectivity index (χ1v) is 2.90. The van der Waals surface area contributed by atoms with Crippen LogP contribution in [-0.2, 0) is 4.74 Å². The Labute approximate surface area is 44.7 Å². The zero-order chi connectivity index (χ0) is 5.28. The molecule has 7 heavy (non-hydrogen) atoms. The van der Waals surface area contributed by atoms with Crippen LogP contribution in [0.15, 0.2) is 0 Å². The zero-order valence-electron chi connectivity index (χ0n) is 4.98. The molecule has 1 unspecified atom stereocenters. The number of ether oxygens (including phenoxy) is 1. The van der Waals surface area contributed by atoms with E-state index in [0.29, 0.717) is 6.10 Å². The molecule has 0 amide bonds. The molecule has 1 aliphatic heterocycles. The molecule has 0 N–H and O–H groups in total. The van der Waals surface area contributed by atoms with Crippen molar-refractivity contribution >= 4 is 0 Å². The number of rotatable bonds is 0. The van der Waals surface area contributed by atoms with E-state index in [-0.39, 0.29) is 0 Å². The Bertz CT molecular complexity index is 53.2. The smallest absolute Gasteiger partial charge is 0.0550 e. The quantitative estimate of drug-likeness (QED) is 0.447. The van der Waals surface area contributed by atoms with Crippen LogP contribution in [0.1, 0.15) is 20.3 Å². The van der Waals surface area contributed by atoms with E-state index in [9.17, 15) is 0 Å². The molecule has 1 saturated heterocycles. The van der Waals surface area contributed by atoms with Gasteiger partial charge in [0.2, 0.25) is 0 Å². The SMILES string of the molecule is CC1CO[C@H](C)C1. The van der Waals surface area contributed by atoms with E-state index in [2.05, 4.69) is 13.8 Å². The number of hydrogen-bond donors (Lipinski definition) is 0. The molecule has 0 aromatic carbocycles. The van der Waals surface area contributed by atoms with Crippen LogP contribution >= 0.6 is 0 Å². The van der Waals surface area contributed by atoms with Crippen molar-refractivity contribution in [2.75, 3.05) is 6.61 Å². The second kappa shape index (κ2) is 1.83. The average molecular weight is 100 g/mol. The summed E-state index contributed by atoms with van der Waals surface area (Å²) in [6.07, 6.45) is 1.77. The van der Waals surface area contributed by atoms with Crippen LogP contribution in [0.3, 0.4) is 0 Å². The van der Waals surface area contributed by atoms with Crippen molar-refractivity contribution < 1.29 is 4.74 Å². The normalized spacial score (nSPS) is 42.0. The lowest BCUT2D eigenvalue weighted by Crippen LogP contribution is -1.94. The van der Waals surface area contributed by atoms with Crippen LogP contribution in [-0.4, -0.2) is 12.7 Å². The lowest BCUT2D eigenvalue weighted by Gasteiger charge is -1.94. The third-order valence-electron chi connectivity index (χ3n) is 1.40. The summed E-state index contributed by atoms with van der Waals surface area (Å²) in [5, 5.41) is 0. The molecule has 1 rings (SSSR count). The molecule has 1 heteroatoms. The van der Waals surface area contributed by atoms with Gasteiger partial charge in [-0.3, -0.25) is 0 Å². The summed E-state index contributed by atoms with van der Waals surface area (Å²) in [7, 11) is 0. The summed E-state index contributed by atoms with van der Waals surface area (Å²) in [4.78, 5) is 0. The van der Waals surface area contributed by atoms with Gasteiger partial charge in [-0.05, 0) is 19.3 Å². The summed E-state index contributed by atoms with van der Waals surface area (Å²) in [5.41, 5.74) is 0. The van der Waals surface area contributed by atoms with E-state index in [4.69, 9.17) is 4.74 Å². The summed E-state index contributed by atoms with van der Waals surface area (Å²) >= 11 is 0. The fraction of sp³-hybridized carbons (Fsp3) is 1.00. The van der Waals surface area contributed by atoms with E-state index in [1.54, 1.807) is 0 Å². The maximum atomic E-state index is 5.27. The van der Waals surface area contributed by atoms with Crippen molar-refractivity contribution in [1.29, 1.82) is 0 Å². The zero-order valence-corrected chi connectivity index (χ0v) is 4.98. The molecule has 1 heterocycles. The number of hydrogen-bond acceptors (Lipinski definition) is 1. The fourth-order valence-electron chi connectivity index (χ4n) is 1.03. The van der Waals surface area contributed by atoms with Gasteiger partial charge < -0.3 is 4.74 Å². The third-order valence-corrected chi connectivity index (χ3v) is 1.40. The van der Waals surface area contributed by atoms with Gasteiger partial charge in [-0.15, -0.1) is 0 Å². The van der Waals surface area contributed by atoms with Crippen molar-refractivity contribution in [3.63, 3.8) is 0 Å². The van der Waals surface area contributed by atoms with Crippen LogP contribution in [0.25, 0.3) is 0 Å². The summed E-state index contributed by atoms with van der Waals surface area (Å²) in [6.45, 7) is 5.33. The maximum Gasteiger partial charge on any atom is 0.0550 e. The lowest BCUT2D eigenvalue weighted by atomic mass is 10.1. The van der Waals surface area contributed by atoms with Gasteiger partial charge in [0.25, 0.3) is 0 Å². The predicted octanol–water partition coefficient (Wildman–Crippen LogP) is 1.43. The Hall–Kier alpha value is -0.0400. The molecule has 0 saturated carbocycles. The van der Waals surface area contributed by atoms with E-state index in [1.807, 2.05) is 0 Å². The summed E-state index contributed by atoms with van der Waals surface area (Å²) < 4.78 is 5.27. The van der Waals surface area contributed by atoms with E-state index < -0.39 is 0 Å². The molecule has 0 spiro atoms. The van der Waals surface area contributed by atoms with Crippen LogP contribution < -0.4 is 0 Å². The highest BCUT2D eigenvalue weighted by Gasteiger charge is 2.16. The minimum atomic E-state index is 0.523. The molecule has 1 aliphatic rings. The maximum absolute atomic E-state index is 5.27. The molecular formula is C6H12O. The van der Waals surface area contributed by atoms with Gasteiger partial charge in [-0.25, -0.2) is 0 Å². The van der Waals surface area contributed by atoms with Crippen LogP contribution in [0.2, 0.25) is 0 Å². The van der Waals surface area contributed by atoms with Crippen molar-refractivity contribution in [2.45, 2.75) is 26.4 Å². The van der Waals surface area contributed by atoms with Gasteiger partial charge in [0.1, 0.15) is 0 Å². The standard InChI is InChI=1S/C6H12O/c1-5-3-6(2)7-4-5/h5-6H,3-4H2,1-2H3/t5?,6-/m1/s1. The molecule has 1 nitrogen and oxygen atoms in total. The van der Waals surface area contributed by atoms with Crippen LogP contribution in [0, 0.1) is 5.92 Å². The average Bonchev–Trinajstić information content (AvgIpc) is 1.87. The highest BCUT2D eigenvalue weighted by molar-refractivity contribution is 4.64. The molecule has 2 atom stereocenters. The monoisotopic (exact) mass is 100 g/mol. The largest absolute Gasteiger partial charge is 0.378 e. The Kier molecular flexibility index (Phi) is 1.33. The Balaban J connectivity index is 2.26. The third kappa shape index (κ3) is 1.16. The van der Waals surface area contributed by atoms with E-state index in [1.165, 1.54) is 6.42 Å². The van der Waals surface area contributed by atoms with Crippen molar-refractivity contribution in [1.82, 2.24) is 0 Å². The molecule has 0 aromatic heterocycles. The first kappa shape index (κ1) is 5.10. The second-order valence-corrected chi connectivity index (χ2v) is 2.48. The van der Waals surface area contributed by atoms with E-state index in [0.717, 1.165) is 12.5 Å². The molecule has 0 aromatic rings. The molecule has 42 valence electrons. The summed E-state index contributed by atoms with van der Waals surface area (Å²) in [6, 6.07) is 0. The Morgan fingerprint density at radius 2 is 2.14 bits per heavy atom. The molecular weight excluding hydrogens is 88.1 g/mol. The van der Waals surface area contributed by atoms with Gasteiger partial charge >= 0.3 is 0 Å². The van der Waals surface area contributed by atoms with Gasteiger partial charge in [0.05, 0.1) is 6.10 Å². The van der Waals surface area contributed by atoms with E-state index >= 15 is 0 Å². The Morgan fingerprint density at radius 3 is 2.29 bits per heavy atom. The van der Waals surface area contributed by atoms with Gasteiger partial charge in [0.15, 0.2) is 0 Å². The van der Waals surface area contributed by atoms with Crippen molar-refractivity contribution in [3.05, 3.63) is 0 Å². The van der Waals surface area contributed by atoms with Gasteiger partial charge in [-0.2, -0.15) is 0 Å². The minimum Gasteiger partial charge on any atom is -0.378 e. The molecule has 0 aliphatic carbocycles. The van der Waals surface area contributed by atoms with Gasteiger partial charge in [-0.1, -0.05) is 6.92 Å². The van der Waals surface area contributed by atoms with Crippen molar-refractivity contribution in [3.8, 4) is 0 Å². The highest BCUT2D eigenvalue weighted by Crippen LogP contribution is 2.16. The predicted molar refractivity (Wildman–Crippen MR) is 29.2 cm³/mol. The highest BCUT2D eigenvalue weighted by atomic mass is 16.5. The molecule has 0 radical (unpaired) electrons. The molecule has 1 fully saturated rings. The van der Waals surface area contributed by atoms with Crippen LogP contribution in [0.4, 0.5) is 0 Å². The lowest BCUT2D eigenvalue weighted by molar-refractivity contribution is 0.121. The molecule has 0 bridgehead atoms. The second-order valence-electron chi connectivity index (χ2n) is 2.48. The van der Waals surface area contributed by atoms with Gasteiger partial charge in [0, 0.05) is 6.61 Å². The minimum absolute atomic E-state index is 0.523. The summed E-state index contributed by atoms with van der Waals surface area (Å²) in [5.74, 6) is 0.801. The fourth-order valence-corrected chi connectivity index (χ4v) is 1.03. The Morgan fingerprint density at radius 1 is 1.43 bits per heavy atom. The van der Waals surface area contributed by atoms with Crippen molar-refractivity contribution in [2.24, 2.45) is 5.92 Å². The first-order chi connectivity index (χ1) is 3.29.